The zero-order chi connectivity index (χ0) is 32.0. The number of hydrogen-bond donors (Lipinski definition) is 3. The van der Waals surface area contributed by atoms with Crippen LogP contribution in [0, 0.1) is 13.8 Å². The summed E-state index contributed by atoms with van der Waals surface area (Å²) in [6.07, 6.45) is 1.02. The monoisotopic (exact) mass is 620 g/mol. The Morgan fingerprint density at radius 3 is 2.30 bits per heavy atom. The second-order valence-electron chi connectivity index (χ2n) is 10.5. The summed E-state index contributed by atoms with van der Waals surface area (Å²) in [6.45, 7) is 11.8. The minimum Gasteiger partial charge on any atom is -0.406 e. The lowest BCUT2D eigenvalue weighted by atomic mass is 9.99. The average Bonchev–Trinajstić information content (AvgIpc) is 2.92. The molecule has 0 radical (unpaired) electrons. The van der Waals surface area contributed by atoms with Gasteiger partial charge in [0.2, 0.25) is 5.96 Å². The average molecular weight is 621 g/mol. The van der Waals surface area contributed by atoms with Crippen LogP contribution in [0.4, 0.5) is 23.7 Å². The van der Waals surface area contributed by atoms with Crippen molar-refractivity contribution in [3.05, 3.63) is 59.2 Å². The lowest BCUT2D eigenvalue weighted by Gasteiger charge is -2.32. The minimum absolute atomic E-state index is 0.0990. The lowest BCUT2D eigenvalue weighted by molar-refractivity contribution is -0.274. The number of piperidine rings is 1. The number of guanidine groups is 1. The number of halogens is 3. The van der Waals surface area contributed by atoms with Gasteiger partial charge in [0.05, 0.1) is 0 Å². The van der Waals surface area contributed by atoms with Crippen molar-refractivity contribution in [2.24, 2.45) is 9.98 Å². The van der Waals surface area contributed by atoms with Gasteiger partial charge >= 0.3 is 12.4 Å². The maximum absolute atomic E-state index is 12.4. The highest BCUT2D eigenvalue weighted by molar-refractivity contribution is 7.80. The van der Waals surface area contributed by atoms with E-state index in [4.69, 9.17) is 12.2 Å². The van der Waals surface area contributed by atoms with Crippen LogP contribution in [0.1, 0.15) is 69.1 Å². The van der Waals surface area contributed by atoms with Gasteiger partial charge in [-0.15, -0.1) is 13.2 Å². The first-order valence-corrected chi connectivity index (χ1v) is 14.8. The van der Waals surface area contributed by atoms with Crippen LogP contribution in [0.25, 0.3) is 0 Å². The number of carbonyl (C=O) groups is 1. The fourth-order valence-corrected chi connectivity index (χ4v) is 4.48. The molecule has 1 saturated heterocycles. The topological polar surface area (TPSA) is 90.4 Å². The van der Waals surface area contributed by atoms with Crippen molar-refractivity contribution in [2.75, 3.05) is 25.5 Å². The SMILES string of the molecule is CCC/C=N\C(=NC)N1CCC(NC(=O)NC(=S)Nc2cc(C)ccc2C(C)C)CC1.Cc1ccc(OC(F)(F)F)cc1. The molecule has 1 aliphatic rings. The smallest absolute Gasteiger partial charge is 0.406 e. The molecule has 0 bridgehead atoms. The van der Waals surface area contributed by atoms with E-state index in [2.05, 4.69) is 68.5 Å². The first kappa shape index (κ1) is 35.5. The molecule has 2 aromatic rings. The standard InChI is InChI=1S/C23H36N6OS.C8H7F3O/c1-6-7-12-25-21(24-5)29-13-10-18(11-14-29)26-22(30)28-23(31)27-20-15-17(4)8-9-19(20)16(2)3;1-6-2-4-7(5-3-6)12-8(9,10)11/h8-9,12,15-16,18H,6-7,10-11,13-14H2,1-5H3,(H3,26,27,28,30,31);2-5H,1H3/b24-21?,25-12-;. The molecule has 43 heavy (non-hydrogen) atoms. The van der Waals surface area contributed by atoms with Crippen molar-refractivity contribution in [3.63, 3.8) is 0 Å². The molecule has 1 heterocycles. The Kier molecular flexibility index (Phi) is 14.4. The van der Waals surface area contributed by atoms with Crippen LogP contribution in [0.15, 0.2) is 52.4 Å². The van der Waals surface area contributed by atoms with E-state index in [1.165, 1.54) is 12.1 Å². The normalized spacial score (nSPS) is 14.3. The summed E-state index contributed by atoms with van der Waals surface area (Å²) in [4.78, 5) is 23.4. The molecule has 236 valence electrons. The van der Waals surface area contributed by atoms with E-state index < -0.39 is 6.36 Å². The molecule has 3 N–H and O–H groups in total. The molecule has 8 nitrogen and oxygen atoms in total. The van der Waals surface area contributed by atoms with Crippen LogP contribution in [-0.2, 0) is 0 Å². The number of unbranched alkanes of at least 4 members (excludes halogenated alkanes) is 1. The number of nitrogens with zero attached hydrogens (tertiary/aromatic N) is 3. The van der Waals surface area contributed by atoms with Crippen LogP contribution in [-0.4, -0.2) is 60.8 Å². The molecule has 0 spiro atoms. The maximum atomic E-state index is 12.4. The fraction of sp³-hybridized carbons (Fsp3) is 0.484. The number of likely N-dealkylation sites (tertiary alicyclic amines) is 1. The highest BCUT2D eigenvalue weighted by atomic mass is 32.1. The Morgan fingerprint density at radius 2 is 1.74 bits per heavy atom. The Hall–Kier alpha value is -3.67. The van der Waals surface area contributed by atoms with Gasteiger partial charge in [-0.3, -0.25) is 10.3 Å². The van der Waals surface area contributed by atoms with E-state index in [9.17, 15) is 18.0 Å². The number of anilines is 1. The first-order chi connectivity index (χ1) is 20.3. The summed E-state index contributed by atoms with van der Waals surface area (Å²) < 4.78 is 38.5. The zero-order valence-electron chi connectivity index (χ0n) is 25.7. The van der Waals surface area contributed by atoms with Gasteiger partial charge in [-0.25, -0.2) is 9.79 Å². The molecule has 0 saturated carbocycles. The molecule has 2 amide bonds. The van der Waals surface area contributed by atoms with Crippen LogP contribution in [0.3, 0.4) is 0 Å². The predicted octanol–water partition coefficient (Wildman–Crippen LogP) is 7.33. The number of nitrogens with one attached hydrogen (secondary N) is 3. The van der Waals surface area contributed by atoms with Gasteiger partial charge < -0.3 is 20.3 Å². The Labute approximate surface area is 258 Å². The highest BCUT2D eigenvalue weighted by Crippen LogP contribution is 2.25. The van der Waals surface area contributed by atoms with Crippen molar-refractivity contribution in [3.8, 4) is 5.75 Å². The molecule has 0 aromatic heterocycles. The number of hydrogen-bond acceptors (Lipinski definition) is 4. The Morgan fingerprint density at radius 1 is 1.12 bits per heavy atom. The highest BCUT2D eigenvalue weighted by Gasteiger charge is 2.30. The molecule has 2 aromatic carbocycles. The maximum Gasteiger partial charge on any atom is 0.573 e. The molecular weight excluding hydrogens is 577 g/mol. The number of rotatable bonds is 6. The second kappa shape index (κ2) is 17.4. The van der Waals surface area contributed by atoms with Gasteiger partial charge in [0, 0.05) is 38.1 Å². The predicted molar refractivity (Wildman–Crippen MR) is 172 cm³/mol. The van der Waals surface area contributed by atoms with E-state index in [1.807, 2.05) is 19.2 Å². The molecule has 1 aliphatic heterocycles. The van der Waals surface area contributed by atoms with Crippen LogP contribution in [0.5, 0.6) is 5.75 Å². The van der Waals surface area contributed by atoms with Crippen LogP contribution >= 0.6 is 12.2 Å². The van der Waals surface area contributed by atoms with Crippen molar-refractivity contribution in [2.45, 2.75) is 78.6 Å². The number of benzene rings is 2. The van der Waals surface area contributed by atoms with Crippen molar-refractivity contribution in [1.82, 2.24) is 15.5 Å². The number of urea groups is 1. The van der Waals surface area contributed by atoms with E-state index in [1.54, 1.807) is 26.1 Å². The number of carbonyl (C=O) groups excluding carboxylic acids is 1. The van der Waals surface area contributed by atoms with Gasteiger partial charge in [0.25, 0.3) is 0 Å². The quantitative estimate of drug-likeness (QED) is 0.179. The van der Waals surface area contributed by atoms with Gasteiger partial charge in [0.15, 0.2) is 5.11 Å². The van der Waals surface area contributed by atoms with Gasteiger partial charge in [-0.2, -0.15) is 0 Å². The fourth-order valence-electron chi connectivity index (χ4n) is 4.28. The molecule has 3 rings (SSSR count). The molecule has 0 aliphatic carbocycles. The molecule has 0 atom stereocenters. The van der Waals surface area contributed by atoms with Crippen molar-refractivity contribution in [1.29, 1.82) is 0 Å². The van der Waals surface area contributed by atoms with Crippen LogP contribution < -0.4 is 20.7 Å². The number of amides is 2. The third-order valence-corrected chi connectivity index (χ3v) is 6.70. The Balaban J connectivity index is 0.000000448. The summed E-state index contributed by atoms with van der Waals surface area (Å²) in [5.41, 5.74) is 4.13. The number of aliphatic imine (C=N–C) groups is 2. The molecule has 1 fully saturated rings. The first-order valence-electron chi connectivity index (χ1n) is 14.4. The van der Waals surface area contributed by atoms with Crippen LogP contribution in [0.2, 0.25) is 0 Å². The number of ether oxygens (including phenoxy) is 1. The summed E-state index contributed by atoms with van der Waals surface area (Å²) in [7, 11) is 1.77. The third kappa shape index (κ3) is 13.5. The largest absolute Gasteiger partial charge is 0.573 e. The molecular formula is C31H43F3N6O2S. The van der Waals surface area contributed by atoms with E-state index in [0.717, 1.165) is 67.1 Å². The number of thiocarbonyl (C=S) groups is 1. The number of alkyl halides is 3. The summed E-state index contributed by atoms with van der Waals surface area (Å²) in [5, 5.41) is 9.26. The zero-order valence-corrected chi connectivity index (χ0v) is 26.5. The van der Waals surface area contributed by atoms with Gasteiger partial charge in [-0.05, 0) is 80.6 Å². The van der Waals surface area contributed by atoms with Crippen molar-refractivity contribution < 1.29 is 22.7 Å². The van der Waals surface area contributed by atoms with E-state index >= 15 is 0 Å². The third-order valence-electron chi connectivity index (χ3n) is 6.50. The molecule has 0 unspecified atom stereocenters. The minimum atomic E-state index is -4.60. The van der Waals surface area contributed by atoms with Gasteiger partial charge in [0.1, 0.15) is 5.75 Å². The number of aryl methyl sites for hydroxylation is 2. The molecule has 12 heteroatoms. The summed E-state index contributed by atoms with van der Waals surface area (Å²) in [5.74, 6) is 0.932. The van der Waals surface area contributed by atoms with E-state index in [-0.39, 0.29) is 17.8 Å². The Bertz CT molecular complexity index is 1240. The summed E-state index contributed by atoms with van der Waals surface area (Å²) >= 11 is 5.37. The summed E-state index contributed by atoms with van der Waals surface area (Å²) in [6, 6.07) is 11.7. The van der Waals surface area contributed by atoms with Crippen molar-refractivity contribution >= 4 is 41.2 Å². The second-order valence-corrected chi connectivity index (χ2v) is 11.0. The van der Waals surface area contributed by atoms with E-state index in [0.29, 0.717) is 11.0 Å². The van der Waals surface area contributed by atoms with Gasteiger partial charge in [-0.1, -0.05) is 57.0 Å². The lowest BCUT2D eigenvalue weighted by Crippen LogP contribution is -2.50.